The van der Waals surface area contributed by atoms with E-state index in [2.05, 4.69) is 53.2 Å². The number of ether oxygens (including phenoxy) is 2. The Morgan fingerprint density at radius 1 is 0.930 bits per heavy atom. The molecular formula is C30H53N5O4S4. The zero-order chi connectivity index (χ0) is 31.1. The molecule has 3 atom stereocenters. The molecule has 2 N–H and O–H groups in total. The van der Waals surface area contributed by atoms with Crippen molar-refractivity contribution in [3.8, 4) is 0 Å². The highest BCUT2D eigenvalue weighted by molar-refractivity contribution is 8.77. The largest absolute Gasteiger partial charge is 0.449 e. The first-order valence-electron chi connectivity index (χ1n) is 15.9. The molecule has 0 bridgehead atoms. The summed E-state index contributed by atoms with van der Waals surface area (Å²) >= 11 is 0. The monoisotopic (exact) mass is 675 g/mol. The highest BCUT2D eigenvalue weighted by Crippen LogP contribution is 2.28. The van der Waals surface area contributed by atoms with Gasteiger partial charge in [0.1, 0.15) is 19.0 Å². The van der Waals surface area contributed by atoms with Crippen LogP contribution in [0.25, 0.3) is 0 Å². The van der Waals surface area contributed by atoms with Gasteiger partial charge < -0.3 is 19.7 Å². The molecular weight excluding hydrogens is 623 g/mol. The van der Waals surface area contributed by atoms with Crippen molar-refractivity contribution in [3.63, 3.8) is 0 Å². The van der Waals surface area contributed by atoms with E-state index in [0.29, 0.717) is 25.6 Å². The minimum absolute atomic E-state index is 0.0237. The highest BCUT2D eigenvalue weighted by atomic mass is 33.1. The smallest absolute Gasteiger partial charge is 0.414 e. The zero-order valence-electron chi connectivity index (χ0n) is 26.5. The maximum Gasteiger partial charge on any atom is 0.414 e. The molecule has 1 aromatic rings. The molecule has 2 amide bonds. The normalized spacial score (nSPS) is 16.1. The molecule has 2 heterocycles. The minimum Gasteiger partial charge on any atom is -0.449 e. The van der Waals surface area contributed by atoms with Crippen LogP contribution in [0.3, 0.4) is 0 Å². The number of nitrogens with one attached hydrogen (secondary N) is 2. The Balaban J connectivity index is 1.59. The molecule has 0 radical (unpaired) electrons. The molecule has 0 saturated carbocycles. The number of carbonyl (C=O) groups excluding carboxylic acids is 2. The lowest BCUT2D eigenvalue weighted by atomic mass is 10.0. The van der Waals surface area contributed by atoms with Crippen LogP contribution in [0.5, 0.6) is 0 Å². The predicted molar refractivity (Wildman–Crippen MR) is 189 cm³/mol. The lowest BCUT2D eigenvalue weighted by Crippen LogP contribution is -2.37. The summed E-state index contributed by atoms with van der Waals surface area (Å²) in [5, 5.41) is 5.59. The molecule has 0 aromatic carbocycles. The van der Waals surface area contributed by atoms with Crippen LogP contribution in [0.2, 0.25) is 0 Å². The van der Waals surface area contributed by atoms with E-state index < -0.39 is 6.09 Å². The van der Waals surface area contributed by atoms with Gasteiger partial charge in [0.25, 0.3) is 0 Å². The summed E-state index contributed by atoms with van der Waals surface area (Å²) in [6.45, 7) is 11.1. The van der Waals surface area contributed by atoms with Crippen molar-refractivity contribution in [3.05, 3.63) is 12.3 Å². The van der Waals surface area contributed by atoms with E-state index in [9.17, 15) is 9.59 Å². The van der Waals surface area contributed by atoms with Gasteiger partial charge in [0.05, 0.1) is 6.04 Å². The van der Waals surface area contributed by atoms with Crippen LogP contribution in [0, 0.1) is 11.8 Å². The second-order valence-corrected chi connectivity index (χ2v) is 16.0. The van der Waals surface area contributed by atoms with E-state index in [1.807, 2.05) is 21.6 Å². The molecule has 13 heteroatoms. The summed E-state index contributed by atoms with van der Waals surface area (Å²) in [5.74, 6) is 6.26. The number of hydrogen-bond donors (Lipinski definition) is 2. The first kappa shape index (κ1) is 38.0. The van der Waals surface area contributed by atoms with Crippen molar-refractivity contribution in [2.45, 2.75) is 91.5 Å². The van der Waals surface area contributed by atoms with E-state index in [1.54, 1.807) is 33.9 Å². The topological polar surface area (TPSA) is 106 Å². The summed E-state index contributed by atoms with van der Waals surface area (Å²) < 4.78 is 10.7. The molecule has 1 aliphatic rings. The fourth-order valence-corrected chi connectivity index (χ4v) is 9.31. The van der Waals surface area contributed by atoms with Gasteiger partial charge in [-0.05, 0) is 37.2 Å². The Kier molecular flexibility index (Phi) is 21.3. The van der Waals surface area contributed by atoms with Crippen LogP contribution < -0.4 is 15.5 Å². The summed E-state index contributed by atoms with van der Waals surface area (Å²) in [4.78, 5) is 35.2. The lowest BCUT2D eigenvalue weighted by molar-refractivity contribution is 0.150. The van der Waals surface area contributed by atoms with Gasteiger partial charge in [-0.3, -0.25) is 5.32 Å². The Labute approximate surface area is 275 Å². The van der Waals surface area contributed by atoms with E-state index >= 15 is 0 Å². The van der Waals surface area contributed by atoms with Gasteiger partial charge in [-0.15, -0.1) is 0 Å². The van der Waals surface area contributed by atoms with Crippen molar-refractivity contribution in [1.82, 2.24) is 15.3 Å². The first-order chi connectivity index (χ1) is 21.0. The Morgan fingerprint density at radius 2 is 1.53 bits per heavy atom. The number of aromatic nitrogens is 2. The maximum atomic E-state index is 12.3. The van der Waals surface area contributed by atoms with Gasteiger partial charge in [0.15, 0.2) is 0 Å². The molecule has 0 aliphatic carbocycles. The van der Waals surface area contributed by atoms with Gasteiger partial charge in [-0.1, -0.05) is 109 Å². The molecule has 9 nitrogen and oxygen atoms in total. The Hall–Kier alpha value is -1.18. The summed E-state index contributed by atoms with van der Waals surface area (Å²) in [6, 6.07) is 1.78. The van der Waals surface area contributed by atoms with Crippen LogP contribution in [0.4, 0.5) is 21.4 Å². The van der Waals surface area contributed by atoms with E-state index in [1.165, 1.54) is 51.4 Å². The van der Waals surface area contributed by atoms with Crippen molar-refractivity contribution < 1.29 is 19.1 Å². The van der Waals surface area contributed by atoms with E-state index in [-0.39, 0.29) is 18.1 Å². The summed E-state index contributed by atoms with van der Waals surface area (Å²) in [7, 11) is 7.27. The number of amides is 2. The molecule has 2 rings (SSSR count). The third kappa shape index (κ3) is 17.2. The molecule has 1 fully saturated rings. The van der Waals surface area contributed by atoms with Crippen molar-refractivity contribution in [1.29, 1.82) is 0 Å². The minimum atomic E-state index is -0.556. The number of nitrogens with zero attached hydrogens (tertiary/aromatic N) is 3. The van der Waals surface area contributed by atoms with E-state index in [0.717, 1.165) is 47.8 Å². The van der Waals surface area contributed by atoms with Crippen LogP contribution >= 0.6 is 43.2 Å². The summed E-state index contributed by atoms with van der Waals surface area (Å²) in [6.07, 6.45) is 11.6. The predicted octanol–water partition coefficient (Wildman–Crippen LogP) is 8.53. The quantitative estimate of drug-likeness (QED) is 0.0861. The number of unbranched alkanes of at least 4 members (excludes halogenated alkanes) is 2. The van der Waals surface area contributed by atoms with Crippen molar-refractivity contribution in [2.75, 3.05) is 59.5 Å². The van der Waals surface area contributed by atoms with Gasteiger partial charge in [-0.2, -0.15) is 4.98 Å². The molecule has 0 spiro atoms. The zero-order valence-corrected chi connectivity index (χ0v) is 29.8. The number of carbonyl (C=O) groups is 2. The second kappa shape index (κ2) is 24.1. The number of alkyl carbamates (subject to hydrolysis) is 1. The average molecular weight is 676 g/mol. The van der Waals surface area contributed by atoms with Crippen molar-refractivity contribution >= 4 is 67.1 Å². The van der Waals surface area contributed by atoms with Crippen molar-refractivity contribution in [2.24, 2.45) is 11.8 Å². The Morgan fingerprint density at radius 3 is 2.12 bits per heavy atom. The Bertz CT molecular complexity index is 904. The lowest BCUT2D eigenvalue weighted by Gasteiger charge is -2.18. The SMILES string of the molecule is CCCC[C@@H](CC)CSSCCOC(=O)Nc1nccc(N2CC[C@H](NC(=O)OCCSSC[C@H](CC)CCCC)C2)n1. The highest BCUT2D eigenvalue weighted by Gasteiger charge is 2.25. The first-order valence-corrected chi connectivity index (χ1v) is 20.9. The van der Waals surface area contributed by atoms with Crippen LogP contribution in [0.15, 0.2) is 12.3 Å². The van der Waals surface area contributed by atoms with Crippen LogP contribution in [0.1, 0.15) is 85.5 Å². The molecule has 43 heavy (non-hydrogen) atoms. The second-order valence-electron chi connectivity index (χ2n) is 10.8. The maximum absolute atomic E-state index is 12.3. The molecule has 1 saturated heterocycles. The fraction of sp³-hybridized carbons (Fsp3) is 0.800. The number of anilines is 2. The standard InChI is InChI=1S/C30H53N5O4S4/c1-5-9-11-24(7-3)22-42-40-19-17-38-29(36)32-26-14-16-35(21-26)27-13-15-31-28(33-27)34-30(37)39-18-20-41-43-23-25(8-4)12-10-6-2/h13,15,24-26H,5-12,14,16-23H2,1-4H3,(H,32,36)(H,31,33,34,37)/t24-,25-,26+/m1/s1. The molecule has 246 valence electrons. The summed E-state index contributed by atoms with van der Waals surface area (Å²) in [5.41, 5.74) is 0. The number of hydrogen-bond acceptors (Lipinski definition) is 11. The van der Waals surface area contributed by atoms with E-state index in [4.69, 9.17) is 9.47 Å². The van der Waals surface area contributed by atoms with Crippen LogP contribution in [-0.4, -0.2) is 77.5 Å². The molecule has 1 aromatic heterocycles. The van der Waals surface area contributed by atoms with Gasteiger partial charge in [-0.25, -0.2) is 14.6 Å². The third-order valence-electron chi connectivity index (χ3n) is 7.35. The fourth-order valence-electron chi connectivity index (χ4n) is 4.55. The number of rotatable bonds is 23. The van der Waals surface area contributed by atoms with Gasteiger partial charge in [0, 0.05) is 42.3 Å². The third-order valence-corrected chi connectivity index (χ3v) is 12.4. The van der Waals surface area contributed by atoms with Gasteiger partial charge >= 0.3 is 12.2 Å². The van der Waals surface area contributed by atoms with Gasteiger partial charge in [0.2, 0.25) is 5.95 Å². The average Bonchev–Trinajstić information content (AvgIpc) is 3.48. The molecule has 0 unspecified atom stereocenters. The van der Waals surface area contributed by atoms with Crippen LogP contribution in [-0.2, 0) is 9.47 Å². The molecule has 1 aliphatic heterocycles.